The molecule has 1 heterocycles. The van der Waals surface area contributed by atoms with E-state index >= 15 is 0 Å². The number of carbonyl (C=O) groups is 2. The van der Waals surface area contributed by atoms with Gasteiger partial charge in [-0.3, -0.25) is 4.79 Å². The summed E-state index contributed by atoms with van der Waals surface area (Å²) in [6.07, 6.45) is 6.37. The molecule has 31 heavy (non-hydrogen) atoms. The van der Waals surface area contributed by atoms with E-state index < -0.39 is 6.09 Å². The highest BCUT2D eigenvalue weighted by Crippen LogP contribution is 2.19. The molecule has 1 aliphatic rings. The van der Waals surface area contributed by atoms with Gasteiger partial charge in [-0.2, -0.15) is 0 Å². The molecule has 0 spiro atoms. The first-order valence-electron chi connectivity index (χ1n) is 11.5. The largest absolute Gasteiger partial charge is 0.465 e. The summed E-state index contributed by atoms with van der Waals surface area (Å²) in [6, 6.07) is 21.1. The molecule has 1 saturated heterocycles. The number of carboxylic acid groups (broad SMARTS) is 1. The fraction of sp³-hybridized carbons (Fsp3) is 0.462. The Morgan fingerprint density at radius 2 is 1.35 bits per heavy atom. The summed E-state index contributed by atoms with van der Waals surface area (Å²) in [4.78, 5) is 25.4. The minimum Gasteiger partial charge on any atom is -0.465 e. The quantitative estimate of drug-likeness (QED) is 0.572. The predicted molar refractivity (Wildman–Crippen MR) is 123 cm³/mol. The molecule has 0 unspecified atom stereocenters. The number of hydrogen-bond acceptors (Lipinski definition) is 2. The lowest BCUT2D eigenvalue weighted by Crippen LogP contribution is -2.45. The molecule has 2 amide bonds. The Morgan fingerprint density at radius 1 is 0.871 bits per heavy atom. The Bertz CT molecular complexity index is 756. The number of piperidine rings is 1. The van der Waals surface area contributed by atoms with Gasteiger partial charge in [0.2, 0.25) is 5.91 Å². The minimum atomic E-state index is -0.890. The van der Waals surface area contributed by atoms with Crippen molar-refractivity contribution in [2.24, 2.45) is 5.92 Å². The predicted octanol–water partition coefficient (Wildman–Crippen LogP) is 4.91. The van der Waals surface area contributed by atoms with E-state index in [1.807, 2.05) is 12.1 Å². The molecule has 1 fully saturated rings. The van der Waals surface area contributed by atoms with Gasteiger partial charge < -0.3 is 15.3 Å². The number of carbonyl (C=O) groups excluding carboxylic acids is 1. The SMILES string of the molecule is O=C(NC(CCCc1ccccc1)CCCc1ccccc1)C1CCN(C(=O)O)CC1. The zero-order chi connectivity index (χ0) is 21.9. The second-order valence-corrected chi connectivity index (χ2v) is 8.51. The summed E-state index contributed by atoms with van der Waals surface area (Å²) in [5.41, 5.74) is 2.66. The summed E-state index contributed by atoms with van der Waals surface area (Å²) >= 11 is 0. The first-order valence-corrected chi connectivity index (χ1v) is 11.5. The van der Waals surface area contributed by atoms with Gasteiger partial charge in [-0.1, -0.05) is 60.7 Å². The number of hydrogen-bond donors (Lipinski definition) is 2. The maximum atomic E-state index is 12.9. The van der Waals surface area contributed by atoms with Crippen LogP contribution < -0.4 is 5.32 Å². The van der Waals surface area contributed by atoms with Crippen LogP contribution in [0.1, 0.15) is 49.7 Å². The fourth-order valence-corrected chi connectivity index (χ4v) is 4.34. The molecule has 0 radical (unpaired) electrons. The Hall–Kier alpha value is -2.82. The lowest BCUT2D eigenvalue weighted by atomic mass is 9.94. The van der Waals surface area contributed by atoms with Crippen LogP contribution in [-0.2, 0) is 17.6 Å². The van der Waals surface area contributed by atoms with E-state index in [0.29, 0.717) is 25.9 Å². The van der Waals surface area contributed by atoms with Crippen LogP contribution >= 0.6 is 0 Å². The summed E-state index contributed by atoms with van der Waals surface area (Å²) in [5.74, 6) is 0.0100. The molecule has 0 aromatic heterocycles. The van der Waals surface area contributed by atoms with E-state index in [4.69, 9.17) is 5.11 Å². The number of rotatable bonds is 10. The summed E-state index contributed by atoms with van der Waals surface area (Å²) < 4.78 is 0. The van der Waals surface area contributed by atoms with Crippen molar-refractivity contribution in [3.05, 3.63) is 71.8 Å². The maximum Gasteiger partial charge on any atom is 0.407 e. The molecule has 5 heteroatoms. The molecule has 2 aromatic rings. The standard InChI is InChI=1S/C26H34N2O3/c29-25(23-17-19-28(20-18-23)26(30)31)27-24(15-7-13-21-9-3-1-4-10-21)16-8-14-22-11-5-2-6-12-22/h1-6,9-12,23-24H,7-8,13-20H2,(H,27,29)(H,30,31). The van der Waals surface area contributed by atoms with E-state index in [1.165, 1.54) is 16.0 Å². The third-order valence-corrected chi connectivity index (χ3v) is 6.20. The van der Waals surface area contributed by atoms with Crippen molar-refractivity contribution in [2.75, 3.05) is 13.1 Å². The average molecular weight is 423 g/mol. The lowest BCUT2D eigenvalue weighted by Gasteiger charge is -2.30. The monoisotopic (exact) mass is 422 g/mol. The molecular formula is C26H34N2O3. The Kier molecular flexibility index (Phi) is 8.95. The maximum absolute atomic E-state index is 12.9. The molecule has 166 valence electrons. The van der Waals surface area contributed by atoms with Gasteiger partial charge in [-0.05, 0) is 62.5 Å². The minimum absolute atomic E-state index is 0.0821. The van der Waals surface area contributed by atoms with E-state index in [-0.39, 0.29) is 17.9 Å². The van der Waals surface area contributed by atoms with E-state index in [0.717, 1.165) is 38.5 Å². The van der Waals surface area contributed by atoms with Gasteiger partial charge in [0.15, 0.2) is 0 Å². The van der Waals surface area contributed by atoms with E-state index in [9.17, 15) is 9.59 Å². The summed E-state index contributed by atoms with van der Waals surface area (Å²) in [7, 11) is 0. The van der Waals surface area contributed by atoms with Crippen LogP contribution in [-0.4, -0.2) is 41.1 Å². The number of nitrogens with zero attached hydrogens (tertiary/aromatic N) is 1. The van der Waals surface area contributed by atoms with Crippen molar-refractivity contribution in [3.8, 4) is 0 Å². The normalized spacial score (nSPS) is 14.5. The van der Waals surface area contributed by atoms with Gasteiger partial charge in [0, 0.05) is 25.0 Å². The van der Waals surface area contributed by atoms with E-state index in [2.05, 4.69) is 53.8 Å². The van der Waals surface area contributed by atoms with Gasteiger partial charge in [0.25, 0.3) is 0 Å². The van der Waals surface area contributed by atoms with Crippen molar-refractivity contribution in [1.29, 1.82) is 0 Å². The summed E-state index contributed by atoms with van der Waals surface area (Å²) in [5, 5.41) is 12.4. The third-order valence-electron chi connectivity index (χ3n) is 6.20. The molecule has 0 atom stereocenters. The van der Waals surface area contributed by atoms with Crippen molar-refractivity contribution in [3.63, 3.8) is 0 Å². The highest BCUT2D eigenvalue weighted by molar-refractivity contribution is 5.79. The third kappa shape index (κ3) is 7.74. The first-order chi connectivity index (χ1) is 15.1. The Labute approximate surface area is 185 Å². The second-order valence-electron chi connectivity index (χ2n) is 8.51. The second kappa shape index (κ2) is 12.1. The van der Waals surface area contributed by atoms with Crippen molar-refractivity contribution in [2.45, 2.75) is 57.4 Å². The molecule has 0 aliphatic carbocycles. The van der Waals surface area contributed by atoms with Crippen LogP contribution in [0.3, 0.4) is 0 Å². The summed E-state index contributed by atoms with van der Waals surface area (Å²) in [6.45, 7) is 0.889. The van der Waals surface area contributed by atoms with Crippen LogP contribution in [0.4, 0.5) is 4.79 Å². The van der Waals surface area contributed by atoms with Gasteiger partial charge in [-0.25, -0.2) is 4.79 Å². The number of amides is 2. The number of benzene rings is 2. The Morgan fingerprint density at radius 3 is 1.81 bits per heavy atom. The Balaban J connectivity index is 1.50. The van der Waals surface area contributed by atoms with Gasteiger partial charge in [-0.15, -0.1) is 0 Å². The lowest BCUT2D eigenvalue weighted by molar-refractivity contribution is -0.127. The molecule has 1 aliphatic heterocycles. The number of aryl methyl sites for hydroxylation is 2. The molecule has 2 N–H and O–H groups in total. The molecular weight excluding hydrogens is 388 g/mol. The first kappa shape index (κ1) is 22.9. The van der Waals surface area contributed by atoms with Gasteiger partial charge in [0.1, 0.15) is 0 Å². The molecule has 0 bridgehead atoms. The van der Waals surface area contributed by atoms with Crippen LogP contribution in [0.5, 0.6) is 0 Å². The molecule has 0 saturated carbocycles. The number of likely N-dealkylation sites (tertiary alicyclic amines) is 1. The van der Waals surface area contributed by atoms with Gasteiger partial charge in [0.05, 0.1) is 0 Å². The van der Waals surface area contributed by atoms with Crippen molar-refractivity contribution in [1.82, 2.24) is 10.2 Å². The molecule has 5 nitrogen and oxygen atoms in total. The highest BCUT2D eigenvalue weighted by atomic mass is 16.4. The van der Waals surface area contributed by atoms with Crippen LogP contribution in [0.2, 0.25) is 0 Å². The van der Waals surface area contributed by atoms with Crippen LogP contribution in [0.25, 0.3) is 0 Å². The van der Waals surface area contributed by atoms with Crippen LogP contribution in [0.15, 0.2) is 60.7 Å². The van der Waals surface area contributed by atoms with Crippen LogP contribution in [0, 0.1) is 5.92 Å². The topological polar surface area (TPSA) is 69.6 Å². The fourth-order valence-electron chi connectivity index (χ4n) is 4.34. The van der Waals surface area contributed by atoms with Gasteiger partial charge >= 0.3 is 6.09 Å². The average Bonchev–Trinajstić information content (AvgIpc) is 2.80. The molecule has 3 rings (SSSR count). The van der Waals surface area contributed by atoms with E-state index in [1.54, 1.807) is 0 Å². The van der Waals surface area contributed by atoms with Crippen molar-refractivity contribution < 1.29 is 14.7 Å². The van der Waals surface area contributed by atoms with Crippen molar-refractivity contribution >= 4 is 12.0 Å². The zero-order valence-corrected chi connectivity index (χ0v) is 18.2. The smallest absolute Gasteiger partial charge is 0.407 e. The number of nitrogens with one attached hydrogen (secondary N) is 1. The zero-order valence-electron chi connectivity index (χ0n) is 18.2. The highest BCUT2D eigenvalue weighted by Gasteiger charge is 2.28. The molecule has 2 aromatic carbocycles.